The summed E-state index contributed by atoms with van der Waals surface area (Å²) in [5, 5.41) is 12.0. The van der Waals surface area contributed by atoms with Gasteiger partial charge in [-0.15, -0.1) is 12.2 Å². The quantitative estimate of drug-likeness (QED) is 0.434. The first-order valence-electron chi connectivity index (χ1n) is 8.79. The molecule has 0 aliphatic carbocycles. The molecule has 0 spiro atoms. The molecule has 0 bridgehead atoms. The molecule has 0 aromatic carbocycles. The van der Waals surface area contributed by atoms with E-state index in [1.54, 1.807) is 18.3 Å². The molecule has 0 amide bonds. The third kappa shape index (κ3) is 7.37. The number of aryl methyl sites for hydroxylation is 2. The summed E-state index contributed by atoms with van der Waals surface area (Å²) in [5.74, 6) is -0.477. The Kier molecular flexibility index (Phi) is 10.4. The van der Waals surface area contributed by atoms with Gasteiger partial charge in [0.05, 0.1) is 17.4 Å². The van der Waals surface area contributed by atoms with Crippen molar-refractivity contribution < 1.29 is 39.5 Å². The summed E-state index contributed by atoms with van der Waals surface area (Å²) in [6.45, 7) is 11.4. The van der Waals surface area contributed by atoms with Crippen LogP contribution in [-0.4, -0.2) is 36.6 Å². The molecule has 0 saturated heterocycles. The van der Waals surface area contributed by atoms with Gasteiger partial charge in [0.2, 0.25) is 0 Å². The Morgan fingerprint density at radius 3 is 2.47 bits per heavy atom. The Labute approximate surface area is 197 Å². The third-order valence-electron chi connectivity index (χ3n) is 3.96. The molecule has 0 fully saturated rings. The molecule has 30 heavy (non-hydrogen) atoms. The summed E-state index contributed by atoms with van der Waals surface area (Å²) < 4.78 is 1.24. The van der Waals surface area contributed by atoms with Crippen LogP contribution in [0.25, 0.3) is 5.69 Å². The number of nitrogens with one attached hydrogen (secondary N) is 1. The van der Waals surface area contributed by atoms with Gasteiger partial charge < -0.3 is 29.3 Å². The second kappa shape index (κ2) is 12.2. The van der Waals surface area contributed by atoms with Crippen molar-refractivity contribution >= 4 is 11.8 Å². The number of aromatic carboxylic acids is 1. The summed E-state index contributed by atoms with van der Waals surface area (Å²) in [7, 11) is 0. The fourth-order valence-corrected chi connectivity index (χ4v) is 2.14. The summed E-state index contributed by atoms with van der Waals surface area (Å²) in [6.07, 6.45) is 7.59. The molecule has 152 valence electrons. The van der Waals surface area contributed by atoms with Crippen molar-refractivity contribution in [2.45, 2.75) is 26.3 Å². The fraction of sp³-hybridized carbons (Fsp3) is 0.190. The number of pyridine rings is 2. The second-order valence-corrected chi connectivity index (χ2v) is 6.13. The molecular formula is C21H22N5NaO3-2. The molecule has 1 unspecified atom stereocenters. The van der Waals surface area contributed by atoms with Crippen molar-refractivity contribution in [1.29, 1.82) is 0 Å². The van der Waals surface area contributed by atoms with E-state index in [2.05, 4.69) is 40.3 Å². The standard InChI is InChI=1S/C15H15N3O3.C6H7N2.Na/c1-3-10(2)17-13-6-5-12(8-16-13)18-9-11(15(20)21)4-7-14(18)19;1-5-6(2)8-4-3-7-5;/h4-10H,1-3H2,(H,16,17)(H,20,21);3H,1-2H3;/q-2;-1;+1. The molecule has 3 rings (SSSR count). The van der Waals surface area contributed by atoms with Crippen molar-refractivity contribution in [3.8, 4) is 5.69 Å². The Balaban J connectivity index is 0.000000421. The molecular weight excluding hydrogens is 393 g/mol. The first-order chi connectivity index (χ1) is 13.8. The van der Waals surface area contributed by atoms with E-state index in [9.17, 15) is 9.59 Å². The molecule has 0 aliphatic rings. The van der Waals surface area contributed by atoms with Crippen LogP contribution in [0.5, 0.6) is 0 Å². The minimum absolute atomic E-state index is 0. The van der Waals surface area contributed by atoms with Gasteiger partial charge in [0.1, 0.15) is 5.82 Å². The van der Waals surface area contributed by atoms with Crippen molar-refractivity contribution in [1.82, 2.24) is 19.5 Å². The van der Waals surface area contributed by atoms with Gasteiger partial charge in [-0.3, -0.25) is 14.3 Å². The van der Waals surface area contributed by atoms with E-state index >= 15 is 0 Å². The molecule has 0 saturated carbocycles. The van der Waals surface area contributed by atoms with Crippen molar-refractivity contribution in [3.05, 3.63) is 90.2 Å². The first kappa shape index (κ1) is 25.5. The van der Waals surface area contributed by atoms with E-state index in [1.807, 2.05) is 13.8 Å². The molecule has 0 radical (unpaired) electrons. The zero-order chi connectivity index (χ0) is 21.4. The zero-order valence-corrected chi connectivity index (χ0v) is 19.3. The minimum atomic E-state index is -1.09. The number of hydrogen-bond acceptors (Lipinski definition) is 6. The van der Waals surface area contributed by atoms with Gasteiger partial charge in [0, 0.05) is 12.3 Å². The number of carboxylic acids is 1. The Hall–Kier alpha value is -2.55. The summed E-state index contributed by atoms with van der Waals surface area (Å²) >= 11 is 0. The van der Waals surface area contributed by atoms with E-state index in [4.69, 9.17) is 5.11 Å². The van der Waals surface area contributed by atoms with E-state index < -0.39 is 5.97 Å². The number of aromatic nitrogens is 4. The molecule has 9 heteroatoms. The molecule has 3 heterocycles. The van der Waals surface area contributed by atoms with Crippen LogP contribution in [0.4, 0.5) is 5.82 Å². The molecule has 3 aromatic heterocycles. The SMILES string of the molecule is Cc1n[c-]cnc1C.[CH2-]CC([CH2-])Nc1ccc(-n2cc(C(=O)O)ccc2=O)cn1.[Na+]. The number of carbonyl (C=O) groups is 1. The van der Waals surface area contributed by atoms with Gasteiger partial charge in [-0.05, 0) is 37.0 Å². The summed E-state index contributed by atoms with van der Waals surface area (Å²) in [6, 6.07) is 5.80. The average Bonchev–Trinajstić information content (AvgIpc) is 2.71. The fourth-order valence-electron chi connectivity index (χ4n) is 2.14. The molecule has 3 aromatic rings. The number of nitrogens with zero attached hydrogens (tertiary/aromatic N) is 4. The van der Waals surface area contributed by atoms with E-state index in [-0.39, 0.29) is 46.7 Å². The van der Waals surface area contributed by atoms with Gasteiger partial charge in [0.25, 0.3) is 5.56 Å². The zero-order valence-electron chi connectivity index (χ0n) is 17.3. The maximum Gasteiger partial charge on any atom is 1.00 e. The normalized spacial score (nSPS) is 10.8. The van der Waals surface area contributed by atoms with Gasteiger partial charge in [0.15, 0.2) is 0 Å². The van der Waals surface area contributed by atoms with E-state index in [0.717, 1.165) is 11.4 Å². The van der Waals surface area contributed by atoms with Crippen LogP contribution >= 0.6 is 0 Å². The van der Waals surface area contributed by atoms with Crippen LogP contribution in [0.2, 0.25) is 0 Å². The minimum Gasteiger partial charge on any atom is -0.478 e. The molecule has 1 atom stereocenters. The maximum atomic E-state index is 11.8. The second-order valence-electron chi connectivity index (χ2n) is 6.13. The van der Waals surface area contributed by atoms with Crippen LogP contribution in [0.15, 0.2) is 47.7 Å². The van der Waals surface area contributed by atoms with Crippen molar-refractivity contribution in [2.24, 2.45) is 0 Å². The average molecular weight is 415 g/mol. The van der Waals surface area contributed by atoms with E-state index in [1.165, 1.54) is 29.1 Å². The third-order valence-corrected chi connectivity index (χ3v) is 3.96. The van der Waals surface area contributed by atoms with Crippen molar-refractivity contribution in [3.63, 3.8) is 0 Å². The summed E-state index contributed by atoms with van der Waals surface area (Å²) in [4.78, 5) is 34.8. The van der Waals surface area contributed by atoms with Gasteiger partial charge in [-0.25, -0.2) is 9.78 Å². The molecule has 2 N–H and O–H groups in total. The van der Waals surface area contributed by atoms with Gasteiger partial charge >= 0.3 is 35.5 Å². The van der Waals surface area contributed by atoms with Crippen LogP contribution in [0.1, 0.15) is 28.2 Å². The van der Waals surface area contributed by atoms with Crippen LogP contribution in [-0.2, 0) is 0 Å². The largest absolute Gasteiger partial charge is 1.00 e. The Bertz CT molecular complexity index is 1000. The first-order valence-corrected chi connectivity index (χ1v) is 8.79. The maximum absolute atomic E-state index is 11.8. The van der Waals surface area contributed by atoms with E-state index in [0.29, 0.717) is 17.9 Å². The molecule has 8 nitrogen and oxygen atoms in total. The predicted molar refractivity (Wildman–Crippen MR) is 110 cm³/mol. The number of rotatable bonds is 5. The Morgan fingerprint density at radius 1 is 1.23 bits per heavy atom. The number of anilines is 1. The van der Waals surface area contributed by atoms with Gasteiger partial charge in [-0.1, -0.05) is 12.6 Å². The number of carboxylic acid groups (broad SMARTS) is 1. The smallest absolute Gasteiger partial charge is 0.478 e. The number of hydrogen-bond donors (Lipinski definition) is 2. The van der Waals surface area contributed by atoms with Crippen LogP contribution in [0.3, 0.4) is 0 Å². The van der Waals surface area contributed by atoms with Crippen LogP contribution in [0, 0.1) is 33.9 Å². The monoisotopic (exact) mass is 415 g/mol. The van der Waals surface area contributed by atoms with Gasteiger partial charge in [-0.2, -0.15) is 6.42 Å². The van der Waals surface area contributed by atoms with Crippen LogP contribution < -0.4 is 40.4 Å². The van der Waals surface area contributed by atoms with Crippen molar-refractivity contribution in [2.75, 3.05) is 5.32 Å². The topological polar surface area (TPSA) is 110 Å². The molecule has 0 aliphatic heterocycles. The Morgan fingerprint density at radius 2 is 1.97 bits per heavy atom. The predicted octanol–water partition coefficient (Wildman–Crippen LogP) is -0.333. The summed E-state index contributed by atoms with van der Waals surface area (Å²) in [5.41, 5.74) is 2.13.